The highest BCUT2D eigenvalue weighted by Crippen LogP contribution is 2.23. The molecule has 2 aliphatic rings. The lowest BCUT2D eigenvalue weighted by Crippen LogP contribution is -2.32. The van der Waals surface area contributed by atoms with Crippen LogP contribution in [-0.2, 0) is 4.79 Å². The van der Waals surface area contributed by atoms with Crippen molar-refractivity contribution in [2.75, 3.05) is 32.5 Å². The average Bonchev–Trinajstić information content (AvgIpc) is 3.05. The van der Waals surface area contributed by atoms with E-state index in [0.717, 1.165) is 28.2 Å². The molecule has 34 heavy (non-hydrogen) atoms. The molecule has 0 saturated carbocycles. The number of carbonyl (C=O) groups excluding carboxylic acids is 1. The zero-order valence-corrected chi connectivity index (χ0v) is 21.8. The van der Waals surface area contributed by atoms with Crippen LogP contribution in [0.1, 0.15) is 18.9 Å². The van der Waals surface area contributed by atoms with Crippen LogP contribution in [0, 0.1) is 0 Å². The number of thioether (sulfide) groups is 1. The van der Waals surface area contributed by atoms with Crippen LogP contribution in [0.2, 0.25) is 0 Å². The van der Waals surface area contributed by atoms with Crippen LogP contribution < -0.4 is 10.2 Å². The summed E-state index contributed by atoms with van der Waals surface area (Å²) in [5, 5.41) is 5.12. The predicted molar refractivity (Wildman–Crippen MR) is 147 cm³/mol. The Morgan fingerprint density at radius 1 is 1.24 bits per heavy atom. The van der Waals surface area contributed by atoms with Crippen molar-refractivity contribution in [1.29, 1.82) is 0 Å². The first-order chi connectivity index (χ1) is 16.6. The van der Waals surface area contributed by atoms with E-state index in [1.807, 2.05) is 43.4 Å². The summed E-state index contributed by atoms with van der Waals surface area (Å²) in [4.78, 5) is 19.5. The standard InChI is InChI=1S/C26H29BrN4O2S/c1-20(23-17-22(27)13-14-24(23)33-2)29-30-25(32)19-34-26-28-15-9-5-6-10-16-31(26)18-21-11-7-3-4-8-12-21/h3,5-14,17H,4,15-16,18-19H2,1-2H3,(H,30,32)/b9-5-,10-6-,28-26?,29-20+. The van der Waals surface area contributed by atoms with Gasteiger partial charge in [0.05, 0.1) is 25.1 Å². The number of amides is 1. The molecule has 0 atom stereocenters. The molecule has 0 fully saturated rings. The summed E-state index contributed by atoms with van der Waals surface area (Å²) in [6, 6.07) is 5.67. The van der Waals surface area contributed by atoms with Crippen LogP contribution in [-0.4, -0.2) is 54.2 Å². The summed E-state index contributed by atoms with van der Waals surface area (Å²) >= 11 is 4.89. The maximum absolute atomic E-state index is 12.6. The highest BCUT2D eigenvalue weighted by atomic mass is 79.9. The minimum absolute atomic E-state index is 0.191. The Morgan fingerprint density at radius 3 is 2.94 bits per heavy atom. The van der Waals surface area contributed by atoms with E-state index < -0.39 is 0 Å². The van der Waals surface area contributed by atoms with E-state index in [1.165, 1.54) is 17.3 Å². The van der Waals surface area contributed by atoms with E-state index in [1.54, 1.807) is 7.11 Å². The summed E-state index contributed by atoms with van der Waals surface area (Å²) in [6.07, 6.45) is 19.7. The van der Waals surface area contributed by atoms with Crippen LogP contribution in [0.15, 0.2) is 93.0 Å². The molecule has 3 rings (SSSR count). The fourth-order valence-electron chi connectivity index (χ4n) is 3.27. The lowest BCUT2D eigenvalue weighted by molar-refractivity contribution is -0.118. The Bertz CT molecular complexity index is 1090. The van der Waals surface area contributed by atoms with Gasteiger partial charge in [-0.1, -0.05) is 82.4 Å². The summed E-state index contributed by atoms with van der Waals surface area (Å²) < 4.78 is 6.32. The van der Waals surface area contributed by atoms with Crippen molar-refractivity contribution >= 4 is 44.5 Å². The molecular weight excluding hydrogens is 512 g/mol. The predicted octanol–water partition coefficient (Wildman–Crippen LogP) is 5.26. The third-order valence-electron chi connectivity index (χ3n) is 4.97. The molecule has 1 N–H and O–H groups in total. The number of benzene rings is 1. The number of nitrogens with one attached hydrogen (secondary N) is 1. The average molecular weight is 542 g/mol. The van der Waals surface area contributed by atoms with E-state index in [9.17, 15) is 4.79 Å². The maximum atomic E-state index is 12.6. The van der Waals surface area contributed by atoms with Crippen LogP contribution in [0.4, 0.5) is 0 Å². The highest BCUT2D eigenvalue weighted by molar-refractivity contribution is 9.10. The largest absolute Gasteiger partial charge is 0.496 e. The lowest BCUT2D eigenvalue weighted by Gasteiger charge is -2.24. The second kappa shape index (κ2) is 13.8. The zero-order valence-electron chi connectivity index (χ0n) is 19.4. The molecule has 1 aromatic rings. The summed E-state index contributed by atoms with van der Waals surface area (Å²) in [5.74, 6) is 0.717. The van der Waals surface area contributed by atoms with Gasteiger partial charge in [-0.3, -0.25) is 9.79 Å². The number of hydrazone groups is 1. The molecule has 0 spiro atoms. The number of amidine groups is 1. The van der Waals surface area contributed by atoms with Crippen LogP contribution in [0.25, 0.3) is 0 Å². The number of hydrogen-bond acceptors (Lipinski definition) is 6. The number of allylic oxidation sites excluding steroid dienone is 6. The number of halogens is 1. The molecule has 0 saturated heterocycles. The quantitative estimate of drug-likeness (QED) is 0.378. The van der Waals surface area contributed by atoms with Gasteiger partial charge in [0, 0.05) is 23.1 Å². The highest BCUT2D eigenvalue weighted by Gasteiger charge is 2.15. The second-order valence-corrected chi connectivity index (χ2v) is 9.39. The Kier molecular flexibility index (Phi) is 10.4. The van der Waals surface area contributed by atoms with Crippen molar-refractivity contribution in [2.24, 2.45) is 10.1 Å². The van der Waals surface area contributed by atoms with E-state index in [-0.39, 0.29) is 11.7 Å². The minimum Gasteiger partial charge on any atom is -0.496 e. The van der Waals surface area contributed by atoms with E-state index in [2.05, 4.69) is 67.8 Å². The van der Waals surface area contributed by atoms with E-state index >= 15 is 0 Å². The smallest absolute Gasteiger partial charge is 0.250 e. The first-order valence-corrected chi connectivity index (χ1v) is 12.8. The van der Waals surface area contributed by atoms with Gasteiger partial charge < -0.3 is 9.64 Å². The molecule has 1 aliphatic carbocycles. The number of aliphatic imine (C=N–C) groups is 1. The second-order valence-electron chi connectivity index (χ2n) is 7.53. The number of rotatable bonds is 7. The molecule has 1 aliphatic heterocycles. The first kappa shape index (κ1) is 25.8. The van der Waals surface area contributed by atoms with Gasteiger partial charge >= 0.3 is 0 Å². The monoisotopic (exact) mass is 540 g/mol. The molecule has 1 amide bonds. The van der Waals surface area contributed by atoms with Crippen LogP contribution in [0.3, 0.4) is 0 Å². The van der Waals surface area contributed by atoms with Gasteiger partial charge in [-0.05, 0) is 37.1 Å². The molecule has 1 aromatic carbocycles. The van der Waals surface area contributed by atoms with Gasteiger partial charge in [-0.2, -0.15) is 5.10 Å². The fourth-order valence-corrected chi connectivity index (χ4v) is 4.44. The van der Waals surface area contributed by atoms with Crippen molar-refractivity contribution < 1.29 is 9.53 Å². The molecule has 0 bridgehead atoms. The summed E-state index contributed by atoms with van der Waals surface area (Å²) in [6.45, 7) is 3.84. The summed E-state index contributed by atoms with van der Waals surface area (Å²) in [5.41, 5.74) is 5.34. The van der Waals surface area contributed by atoms with Crippen molar-refractivity contribution in [2.45, 2.75) is 13.3 Å². The van der Waals surface area contributed by atoms with Crippen LogP contribution in [0.5, 0.6) is 5.75 Å². The van der Waals surface area contributed by atoms with Gasteiger partial charge in [0.1, 0.15) is 5.75 Å². The number of methoxy groups -OCH3 is 1. The topological polar surface area (TPSA) is 66.3 Å². The molecule has 1 heterocycles. The molecule has 0 unspecified atom stereocenters. The fraction of sp³-hybridized carbons (Fsp3) is 0.269. The molecule has 0 aromatic heterocycles. The molecule has 6 nitrogen and oxygen atoms in total. The van der Waals surface area contributed by atoms with Crippen LogP contribution >= 0.6 is 27.7 Å². The zero-order chi connectivity index (χ0) is 24.2. The number of carbonyl (C=O) groups is 1. The molecule has 178 valence electrons. The van der Waals surface area contributed by atoms with E-state index in [4.69, 9.17) is 9.73 Å². The Hall–Kier alpha value is -2.84. The SMILES string of the molecule is COc1ccc(Br)cc1/C(C)=N/NC(=O)CSC1=NC/C=C\C=C/CN1CC1=CC=CCC=C1. The Balaban J connectivity index is 1.65. The normalized spacial score (nSPS) is 18.1. The third kappa shape index (κ3) is 8.18. The number of ether oxygens (including phenoxy) is 1. The molecular formula is C26H29BrN4O2S. The minimum atomic E-state index is -0.191. The van der Waals surface area contributed by atoms with Gasteiger partial charge in [-0.15, -0.1) is 0 Å². The van der Waals surface area contributed by atoms with E-state index in [0.29, 0.717) is 24.6 Å². The van der Waals surface area contributed by atoms with Gasteiger partial charge in [0.2, 0.25) is 0 Å². The van der Waals surface area contributed by atoms with Crippen molar-refractivity contribution in [1.82, 2.24) is 10.3 Å². The molecule has 8 heteroatoms. The first-order valence-electron chi connectivity index (χ1n) is 11.0. The van der Waals surface area contributed by atoms with Crippen molar-refractivity contribution in [3.8, 4) is 5.75 Å². The maximum Gasteiger partial charge on any atom is 0.250 e. The van der Waals surface area contributed by atoms with Gasteiger partial charge in [-0.25, -0.2) is 5.43 Å². The third-order valence-corrected chi connectivity index (χ3v) is 6.51. The van der Waals surface area contributed by atoms with Crippen molar-refractivity contribution in [3.05, 3.63) is 88.5 Å². The molecule has 0 radical (unpaired) electrons. The lowest BCUT2D eigenvalue weighted by atomic mass is 10.1. The number of hydrogen-bond donors (Lipinski definition) is 1. The van der Waals surface area contributed by atoms with Gasteiger partial charge in [0.15, 0.2) is 5.17 Å². The number of nitrogens with zero attached hydrogens (tertiary/aromatic N) is 3. The van der Waals surface area contributed by atoms with Gasteiger partial charge in [0.25, 0.3) is 5.91 Å². The Morgan fingerprint density at radius 2 is 2.09 bits per heavy atom. The van der Waals surface area contributed by atoms with Crippen molar-refractivity contribution in [3.63, 3.8) is 0 Å². The Labute approximate surface area is 214 Å². The summed E-state index contributed by atoms with van der Waals surface area (Å²) in [7, 11) is 1.61.